The number of thiophene rings is 1. The lowest BCUT2D eigenvalue weighted by molar-refractivity contribution is -0.123. The molecular weight excluding hydrogens is 234 g/mol. The number of hydrogen-bond donors (Lipinski definition) is 2. The zero-order valence-electron chi connectivity index (χ0n) is 9.27. The Morgan fingerprint density at radius 2 is 2.41 bits per heavy atom. The molecule has 0 aromatic carbocycles. The summed E-state index contributed by atoms with van der Waals surface area (Å²) in [5.41, 5.74) is 0. The minimum absolute atomic E-state index is 0.0743. The van der Waals surface area contributed by atoms with Crippen molar-refractivity contribution in [3.63, 3.8) is 0 Å². The number of nitrogens with one attached hydrogen (secondary N) is 2. The molecule has 3 rings (SSSR count). The van der Waals surface area contributed by atoms with Gasteiger partial charge < -0.3 is 10.6 Å². The van der Waals surface area contributed by atoms with Gasteiger partial charge in [-0.3, -0.25) is 4.79 Å². The number of nitrogens with zero attached hydrogens (tertiary/aromatic N) is 1. The molecule has 0 aliphatic carbocycles. The number of pyridine rings is 1. The quantitative estimate of drug-likeness (QED) is 0.853. The van der Waals surface area contributed by atoms with Gasteiger partial charge in [-0.25, -0.2) is 4.98 Å². The Kier molecular flexibility index (Phi) is 2.68. The highest BCUT2D eigenvalue weighted by Crippen LogP contribution is 2.26. The van der Waals surface area contributed by atoms with Gasteiger partial charge in [0.1, 0.15) is 11.9 Å². The van der Waals surface area contributed by atoms with Gasteiger partial charge in [0, 0.05) is 22.8 Å². The number of carbonyl (C=O) groups is 1. The van der Waals surface area contributed by atoms with Gasteiger partial charge in [-0.05, 0) is 30.4 Å². The van der Waals surface area contributed by atoms with E-state index in [-0.39, 0.29) is 11.9 Å². The first-order valence-corrected chi connectivity index (χ1v) is 6.59. The second-order valence-corrected chi connectivity index (χ2v) is 5.07. The summed E-state index contributed by atoms with van der Waals surface area (Å²) in [4.78, 5) is 16.0. The topological polar surface area (TPSA) is 54.0 Å². The van der Waals surface area contributed by atoms with E-state index in [2.05, 4.69) is 15.6 Å². The van der Waals surface area contributed by atoms with Crippen molar-refractivity contribution in [1.82, 2.24) is 10.3 Å². The first-order chi connectivity index (χ1) is 8.34. The molecular formula is C12H13N3OS. The van der Waals surface area contributed by atoms with Gasteiger partial charge in [0.2, 0.25) is 5.91 Å². The number of rotatable bonds is 2. The third-order valence-electron chi connectivity index (χ3n) is 2.98. The van der Waals surface area contributed by atoms with Gasteiger partial charge in [-0.15, -0.1) is 11.3 Å². The highest BCUT2D eigenvalue weighted by molar-refractivity contribution is 7.17. The number of anilines is 1. The lowest BCUT2D eigenvalue weighted by atomic mass is 10.1. The van der Waals surface area contributed by atoms with Crippen molar-refractivity contribution < 1.29 is 4.79 Å². The Morgan fingerprint density at radius 3 is 3.29 bits per heavy atom. The summed E-state index contributed by atoms with van der Waals surface area (Å²) >= 11 is 1.68. The molecule has 1 fully saturated rings. The zero-order chi connectivity index (χ0) is 11.7. The standard InChI is InChI=1S/C12H13N3OS/c16-12-9(2-1-5-14-12)15-11-8-4-7-17-10(8)3-6-13-11/h3-4,6-7,9H,1-2,5H2,(H,13,15)(H,14,16). The van der Waals surface area contributed by atoms with E-state index in [0.29, 0.717) is 0 Å². The van der Waals surface area contributed by atoms with E-state index in [1.165, 1.54) is 4.70 Å². The number of carbonyl (C=O) groups excluding carboxylic acids is 1. The molecule has 0 spiro atoms. The maximum atomic E-state index is 11.7. The van der Waals surface area contributed by atoms with Crippen LogP contribution in [0.4, 0.5) is 5.82 Å². The summed E-state index contributed by atoms with van der Waals surface area (Å²) in [6.07, 6.45) is 3.67. The zero-order valence-corrected chi connectivity index (χ0v) is 10.1. The SMILES string of the molecule is O=C1NCCCC1Nc1nccc2sccc12. The number of hydrogen-bond acceptors (Lipinski definition) is 4. The Bertz CT molecular complexity index is 551. The third kappa shape index (κ3) is 1.98. The first-order valence-electron chi connectivity index (χ1n) is 5.71. The Hall–Kier alpha value is -1.62. The molecule has 17 heavy (non-hydrogen) atoms. The average Bonchev–Trinajstić information content (AvgIpc) is 2.81. The third-order valence-corrected chi connectivity index (χ3v) is 3.86. The van der Waals surface area contributed by atoms with E-state index in [9.17, 15) is 4.79 Å². The van der Waals surface area contributed by atoms with E-state index in [4.69, 9.17) is 0 Å². The van der Waals surface area contributed by atoms with Gasteiger partial charge in [-0.2, -0.15) is 0 Å². The van der Waals surface area contributed by atoms with Crippen LogP contribution in [0.1, 0.15) is 12.8 Å². The molecule has 1 aliphatic rings. The molecule has 2 aromatic heterocycles. The van der Waals surface area contributed by atoms with Crippen LogP contribution < -0.4 is 10.6 Å². The summed E-state index contributed by atoms with van der Waals surface area (Å²) in [6, 6.07) is 3.88. The van der Waals surface area contributed by atoms with Crippen molar-refractivity contribution in [3.8, 4) is 0 Å². The Morgan fingerprint density at radius 1 is 1.47 bits per heavy atom. The predicted octanol–water partition coefficient (Wildman–Crippen LogP) is 1.99. The minimum atomic E-state index is -0.151. The van der Waals surface area contributed by atoms with Gasteiger partial charge >= 0.3 is 0 Å². The molecule has 2 aromatic rings. The molecule has 1 aliphatic heterocycles. The average molecular weight is 247 g/mol. The maximum absolute atomic E-state index is 11.7. The number of piperidine rings is 1. The van der Waals surface area contributed by atoms with Crippen LogP contribution in [0, 0.1) is 0 Å². The van der Waals surface area contributed by atoms with E-state index >= 15 is 0 Å². The summed E-state index contributed by atoms with van der Waals surface area (Å²) in [6.45, 7) is 0.785. The molecule has 1 unspecified atom stereocenters. The number of amides is 1. The van der Waals surface area contributed by atoms with Crippen LogP contribution in [0.2, 0.25) is 0 Å². The molecule has 5 heteroatoms. The van der Waals surface area contributed by atoms with E-state index < -0.39 is 0 Å². The van der Waals surface area contributed by atoms with E-state index in [1.54, 1.807) is 17.5 Å². The Balaban J connectivity index is 1.89. The Labute approximate surface area is 103 Å². The van der Waals surface area contributed by atoms with E-state index in [0.717, 1.165) is 30.6 Å². The van der Waals surface area contributed by atoms with Crippen molar-refractivity contribution in [1.29, 1.82) is 0 Å². The van der Waals surface area contributed by atoms with Crippen LogP contribution in [-0.2, 0) is 4.79 Å². The molecule has 3 heterocycles. The van der Waals surface area contributed by atoms with Crippen molar-refractivity contribution in [2.45, 2.75) is 18.9 Å². The highest BCUT2D eigenvalue weighted by Gasteiger charge is 2.22. The first kappa shape index (κ1) is 10.5. The molecule has 2 N–H and O–H groups in total. The van der Waals surface area contributed by atoms with Crippen molar-refractivity contribution in [2.24, 2.45) is 0 Å². The van der Waals surface area contributed by atoms with Crippen molar-refractivity contribution in [3.05, 3.63) is 23.7 Å². The van der Waals surface area contributed by atoms with Gasteiger partial charge in [0.15, 0.2) is 0 Å². The maximum Gasteiger partial charge on any atom is 0.242 e. The second-order valence-electron chi connectivity index (χ2n) is 4.12. The highest BCUT2D eigenvalue weighted by atomic mass is 32.1. The predicted molar refractivity (Wildman–Crippen MR) is 69.3 cm³/mol. The van der Waals surface area contributed by atoms with Gasteiger partial charge in [0.25, 0.3) is 0 Å². The molecule has 1 amide bonds. The fourth-order valence-corrected chi connectivity index (χ4v) is 2.87. The fourth-order valence-electron chi connectivity index (χ4n) is 2.08. The molecule has 0 radical (unpaired) electrons. The van der Waals surface area contributed by atoms with Crippen LogP contribution in [0.15, 0.2) is 23.7 Å². The van der Waals surface area contributed by atoms with Crippen LogP contribution in [-0.4, -0.2) is 23.5 Å². The summed E-state index contributed by atoms with van der Waals surface area (Å²) in [5, 5.41) is 9.24. The van der Waals surface area contributed by atoms with Crippen molar-refractivity contribution >= 4 is 33.1 Å². The lowest BCUT2D eigenvalue weighted by Gasteiger charge is -2.23. The van der Waals surface area contributed by atoms with Crippen LogP contribution >= 0.6 is 11.3 Å². The second kappa shape index (κ2) is 4.33. The normalized spacial score (nSPS) is 20.2. The van der Waals surface area contributed by atoms with Gasteiger partial charge in [0.05, 0.1) is 0 Å². The smallest absolute Gasteiger partial charge is 0.242 e. The molecule has 1 atom stereocenters. The van der Waals surface area contributed by atoms with Crippen LogP contribution in [0.5, 0.6) is 0 Å². The van der Waals surface area contributed by atoms with E-state index in [1.807, 2.05) is 17.5 Å². The largest absolute Gasteiger partial charge is 0.358 e. The monoisotopic (exact) mass is 247 g/mol. The van der Waals surface area contributed by atoms with Gasteiger partial charge in [-0.1, -0.05) is 0 Å². The summed E-state index contributed by atoms with van der Waals surface area (Å²) in [5.74, 6) is 0.885. The lowest BCUT2D eigenvalue weighted by Crippen LogP contribution is -2.44. The molecule has 0 bridgehead atoms. The van der Waals surface area contributed by atoms with Crippen LogP contribution in [0.3, 0.4) is 0 Å². The van der Waals surface area contributed by atoms with Crippen molar-refractivity contribution in [2.75, 3.05) is 11.9 Å². The number of aromatic nitrogens is 1. The molecule has 88 valence electrons. The molecule has 0 saturated carbocycles. The van der Waals surface area contributed by atoms with Crippen LogP contribution in [0.25, 0.3) is 10.1 Å². The molecule has 4 nitrogen and oxygen atoms in total. The summed E-state index contributed by atoms with van der Waals surface area (Å²) in [7, 11) is 0. The number of fused-ring (bicyclic) bond motifs is 1. The fraction of sp³-hybridized carbons (Fsp3) is 0.333. The summed E-state index contributed by atoms with van der Waals surface area (Å²) < 4.78 is 1.19. The minimum Gasteiger partial charge on any atom is -0.358 e. The molecule has 1 saturated heterocycles.